The first-order valence-electron chi connectivity index (χ1n) is 8.55. The van der Waals surface area contributed by atoms with Gasteiger partial charge in [0, 0.05) is 35.8 Å². The van der Waals surface area contributed by atoms with Crippen LogP contribution in [0.15, 0.2) is 42.5 Å². The summed E-state index contributed by atoms with van der Waals surface area (Å²) in [6.45, 7) is 7.30. The van der Waals surface area contributed by atoms with Crippen LogP contribution in [-0.4, -0.2) is 29.4 Å². The van der Waals surface area contributed by atoms with Crippen molar-refractivity contribution in [3.8, 4) is 5.75 Å². The van der Waals surface area contributed by atoms with Gasteiger partial charge in [0.15, 0.2) is 0 Å². The smallest absolute Gasteiger partial charge is 0.253 e. The maximum atomic E-state index is 12.8. The second-order valence-electron chi connectivity index (χ2n) is 6.37. The lowest BCUT2D eigenvalue weighted by atomic mass is 10.1. The number of nitrogens with zero attached hydrogens (tertiary/aromatic N) is 1. The van der Waals surface area contributed by atoms with E-state index < -0.39 is 0 Å². The summed E-state index contributed by atoms with van der Waals surface area (Å²) in [5, 5.41) is 1.11. The van der Waals surface area contributed by atoms with Crippen molar-refractivity contribution >= 4 is 16.8 Å². The molecule has 0 fully saturated rings. The molecule has 3 rings (SSSR count). The predicted octanol–water partition coefficient (Wildman–Crippen LogP) is 4.46. The zero-order valence-corrected chi connectivity index (χ0v) is 15.2. The lowest BCUT2D eigenvalue weighted by Crippen LogP contribution is -2.26. The SMILES string of the molecule is CCOc1ccc(CN(C)C(=O)c2ccc3[nH]c(C)c(C)c3c2)cc1. The van der Waals surface area contributed by atoms with Gasteiger partial charge >= 0.3 is 0 Å². The summed E-state index contributed by atoms with van der Waals surface area (Å²) in [4.78, 5) is 17.9. The van der Waals surface area contributed by atoms with Crippen molar-refractivity contribution in [3.05, 3.63) is 64.8 Å². The van der Waals surface area contributed by atoms with Crippen LogP contribution in [0, 0.1) is 13.8 Å². The van der Waals surface area contributed by atoms with Gasteiger partial charge in [0.05, 0.1) is 6.61 Å². The van der Waals surface area contributed by atoms with Crippen molar-refractivity contribution < 1.29 is 9.53 Å². The number of nitrogens with one attached hydrogen (secondary N) is 1. The highest BCUT2D eigenvalue weighted by molar-refractivity contribution is 5.98. The van der Waals surface area contributed by atoms with E-state index in [1.54, 1.807) is 4.90 Å². The van der Waals surface area contributed by atoms with Crippen LogP contribution in [0.2, 0.25) is 0 Å². The van der Waals surface area contributed by atoms with E-state index in [9.17, 15) is 4.79 Å². The molecular weight excluding hydrogens is 312 g/mol. The molecule has 4 heteroatoms. The van der Waals surface area contributed by atoms with E-state index >= 15 is 0 Å². The van der Waals surface area contributed by atoms with E-state index in [4.69, 9.17) is 4.74 Å². The zero-order chi connectivity index (χ0) is 18.0. The van der Waals surface area contributed by atoms with Gasteiger partial charge in [0.1, 0.15) is 5.75 Å². The Balaban J connectivity index is 1.76. The normalized spacial score (nSPS) is 10.9. The molecule has 1 N–H and O–H groups in total. The Labute approximate surface area is 148 Å². The van der Waals surface area contributed by atoms with E-state index in [1.807, 2.05) is 56.4 Å². The molecule has 0 unspecified atom stereocenters. The Hall–Kier alpha value is -2.75. The van der Waals surface area contributed by atoms with Crippen molar-refractivity contribution in [1.82, 2.24) is 9.88 Å². The second-order valence-corrected chi connectivity index (χ2v) is 6.37. The Morgan fingerprint density at radius 1 is 1.12 bits per heavy atom. The fraction of sp³-hybridized carbons (Fsp3) is 0.286. The summed E-state index contributed by atoms with van der Waals surface area (Å²) in [7, 11) is 1.83. The number of hydrogen-bond donors (Lipinski definition) is 1. The van der Waals surface area contributed by atoms with E-state index in [-0.39, 0.29) is 5.91 Å². The lowest BCUT2D eigenvalue weighted by Gasteiger charge is -2.18. The zero-order valence-electron chi connectivity index (χ0n) is 15.2. The fourth-order valence-corrected chi connectivity index (χ4v) is 3.02. The maximum Gasteiger partial charge on any atom is 0.253 e. The largest absolute Gasteiger partial charge is 0.494 e. The fourth-order valence-electron chi connectivity index (χ4n) is 3.02. The number of rotatable bonds is 5. The van der Waals surface area contributed by atoms with Crippen LogP contribution in [0.25, 0.3) is 10.9 Å². The summed E-state index contributed by atoms with van der Waals surface area (Å²) in [6.07, 6.45) is 0. The number of aromatic amines is 1. The number of aromatic nitrogens is 1. The van der Waals surface area contributed by atoms with Crippen molar-refractivity contribution in [1.29, 1.82) is 0 Å². The third kappa shape index (κ3) is 3.53. The first-order chi connectivity index (χ1) is 12.0. The number of aryl methyl sites for hydroxylation is 2. The van der Waals surface area contributed by atoms with E-state index in [1.165, 1.54) is 5.56 Å². The Morgan fingerprint density at radius 2 is 1.84 bits per heavy atom. The summed E-state index contributed by atoms with van der Waals surface area (Å²) in [6, 6.07) is 13.7. The number of amides is 1. The van der Waals surface area contributed by atoms with Crippen molar-refractivity contribution in [2.24, 2.45) is 0 Å². The van der Waals surface area contributed by atoms with Crippen molar-refractivity contribution in [3.63, 3.8) is 0 Å². The minimum absolute atomic E-state index is 0.0223. The Kier molecular flexibility index (Phi) is 4.79. The molecule has 1 aromatic heterocycles. The topological polar surface area (TPSA) is 45.3 Å². The molecule has 3 aromatic rings. The highest BCUT2D eigenvalue weighted by Gasteiger charge is 2.14. The standard InChI is InChI=1S/C21H24N2O2/c1-5-25-18-9-6-16(7-10-18)13-23(4)21(24)17-8-11-20-19(12-17)14(2)15(3)22-20/h6-12,22H,5,13H2,1-4H3. The second kappa shape index (κ2) is 7.01. The summed E-state index contributed by atoms with van der Waals surface area (Å²) in [5.74, 6) is 0.873. The van der Waals surface area contributed by atoms with E-state index in [0.717, 1.165) is 27.9 Å². The van der Waals surface area contributed by atoms with Gasteiger partial charge < -0.3 is 14.6 Å². The van der Waals surface area contributed by atoms with Crippen LogP contribution in [0.1, 0.15) is 34.1 Å². The number of carbonyl (C=O) groups excluding carboxylic acids is 1. The van der Waals surface area contributed by atoms with Gasteiger partial charge in [-0.25, -0.2) is 0 Å². The number of H-pyrrole nitrogens is 1. The third-order valence-corrected chi connectivity index (χ3v) is 4.56. The van der Waals surface area contributed by atoms with Crippen LogP contribution < -0.4 is 4.74 Å². The van der Waals surface area contributed by atoms with Crippen molar-refractivity contribution in [2.75, 3.05) is 13.7 Å². The summed E-state index contributed by atoms with van der Waals surface area (Å²) < 4.78 is 5.45. The average Bonchev–Trinajstić information content (AvgIpc) is 2.90. The molecule has 0 aliphatic carbocycles. The van der Waals surface area contributed by atoms with Gasteiger partial charge in [-0.3, -0.25) is 4.79 Å². The quantitative estimate of drug-likeness (QED) is 0.748. The first kappa shape index (κ1) is 17.1. The van der Waals surface area contributed by atoms with E-state index in [0.29, 0.717) is 18.7 Å². The van der Waals surface area contributed by atoms with Crippen LogP contribution in [0.3, 0.4) is 0 Å². The molecule has 0 aliphatic heterocycles. The highest BCUT2D eigenvalue weighted by Crippen LogP contribution is 2.23. The molecule has 4 nitrogen and oxygen atoms in total. The first-order valence-corrected chi connectivity index (χ1v) is 8.55. The third-order valence-electron chi connectivity index (χ3n) is 4.56. The molecule has 2 aromatic carbocycles. The maximum absolute atomic E-state index is 12.8. The molecule has 0 radical (unpaired) electrons. The van der Waals surface area contributed by atoms with Crippen LogP contribution in [-0.2, 0) is 6.54 Å². The minimum atomic E-state index is 0.0223. The number of ether oxygens (including phenoxy) is 1. The van der Waals surface area contributed by atoms with Crippen LogP contribution in [0.5, 0.6) is 5.75 Å². The van der Waals surface area contributed by atoms with Gasteiger partial charge in [-0.15, -0.1) is 0 Å². The molecule has 0 bridgehead atoms. The highest BCUT2D eigenvalue weighted by atomic mass is 16.5. The predicted molar refractivity (Wildman–Crippen MR) is 101 cm³/mol. The van der Waals surface area contributed by atoms with Crippen molar-refractivity contribution in [2.45, 2.75) is 27.3 Å². The average molecular weight is 336 g/mol. The van der Waals surface area contributed by atoms with E-state index in [2.05, 4.69) is 18.8 Å². The Bertz CT molecular complexity index is 894. The molecule has 25 heavy (non-hydrogen) atoms. The lowest BCUT2D eigenvalue weighted by molar-refractivity contribution is 0.0785. The van der Waals surface area contributed by atoms with Crippen LogP contribution >= 0.6 is 0 Å². The van der Waals surface area contributed by atoms with Gasteiger partial charge in [0.25, 0.3) is 5.91 Å². The van der Waals surface area contributed by atoms with Gasteiger partial charge in [-0.2, -0.15) is 0 Å². The molecule has 0 aliphatic rings. The molecule has 0 saturated heterocycles. The monoisotopic (exact) mass is 336 g/mol. The van der Waals surface area contributed by atoms with Gasteiger partial charge in [-0.05, 0) is 62.2 Å². The van der Waals surface area contributed by atoms with Gasteiger partial charge in [0.2, 0.25) is 0 Å². The summed E-state index contributed by atoms with van der Waals surface area (Å²) in [5.41, 5.74) is 5.19. The number of hydrogen-bond acceptors (Lipinski definition) is 2. The summed E-state index contributed by atoms with van der Waals surface area (Å²) >= 11 is 0. The van der Waals surface area contributed by atoms with Crippen LogP contribution in [0.4, 0.5) is 0 Å². The number of benzene rings is 2. The minimum Gasteiger partial charge on any atom is -0.494 e. The van der Waals surface area contributed by atoms with Gasteiger partial charge in [-0.1, -0.05) is 12.1 Å². The molecule has 0 saturated carbocycles. The molecule has 1 amide bonds. The number of carbonyl (C=O) groups is 1. The molecular formula is C21H24N2O2. The molecule has 0 spiro atoms. The number of fused-ring (bicyclic) bond motifs is 1. The molecule has 0 atom stereocenters. The Morgan fingerprint density at radius 3 is 2.52 bits per heavy atom. The molecule has 130 valence electrons. The molecule has 1 heterocycles.